The maximum Gasteiger partial charge on any atom is 0.142 e. The van der Waals surface area contributed by atoms with Crippen LogP contribution in [0.4, 0.5) is 5.82 Å². The van der Waals surface area contributed by atoms with Crippen molar-refractivity contribution in [3.05, 3.63) is 36.0 Å². The van der Waals surface area contributed by atoms with E-state index in [4.69, 9.17) is 15.6 Å². The summed E-state index contributed by atoms with van der Waals surface area (Å²) in [5, 5.41) is 7.00. The van der Waals surface area contributed by atoms with E-state index in [2.05, 4.69) is 15.0 Å². The summed E-state index contributed by atoms with van der Waals surface area (Å²) in [4.78, 5) is 11.9. The summed E-state index contributed by atoms with van der Waals surface area (Å²) in [6.45, 7) is 1.97. The Morgan fingerprint density at radius 2 is 2.00 bits per heavy atom. The van der Waals surface area contributed by atoms with Gasteiger partial charge in [-0.2, -0.15) is 0 Å². The lowest BCUT2D eigenvalue weighted by Gasteiger charge is -2.02. The number of nitrogens with one attached hydrogen (secondary N) is 1. The standard InChI is InChI=1S/C14H14N4O.CH4O/c1-8-5-10(13(15)16-7-8)14-17-11-4-3-9(19-2)6-12(11)18-14;1-2/h3-7H,1-2H3,(H2,15,16)(H,17,18);2H,1H3. The van der Waals surface area contributed by atoms with Crippen molar-refractivity contribution >= 4 is 16.9 Å². The molecule has 6 nitrogen and oxygen atoms in total. The summed E-state index contributed by atoms with van der Waals surface area (Å²) in [7, 11) is 2.64. The fourth-order valence-corrected chi connectivity index (χ4v) is 2.01. The first kappa shape index (κ1) is 14.8. The zero-order valence-electron chi connectivity index (χ0n) is 12.2. The number of benzene rings is 1. The molecule has 6 heteroatoms. The molecule has 0 fully saturated rings. The van der Waals surface area contributed by atoms with E-state index in [9.17, 15) is 0 Å². The lowest BCUT2D eigenvalue weighted by molar-refractivity contribution is 0.399. The third-order valence-electron chi connectivity index (χ3n) is 3.00. The van der Waals surface area contributed by atoms with Gasteiger partial charge in [0.2, 0.25) is 0 Å². The molecule has 0 aliphatic rings. The Bertz CT molecular complexity index is 753. The van der Waals surface area contributed by atoms with Gasteiger partial charge < -0.3 is 20.6 Å². The van der Waals surface area contributed by atoms with Crippen molar-refractivity contribution in [1.29, 1.82) is 0 Å². The number of aryl methyl sites for hydroxylation is 1. The van der Waals surface area contributed by atoms with Crippen molar-refractivity contribution in [2.45, 2.75) is 6.92 Å². The third-order valence-corrected chi connectivity index (χ3v) is 3.00. The van der Waals surface area contributed by atoms with Gasteiger partial charge in [-0.25, -0.2) is 9.97 Å². The summed E-state index contributed by atoms with van der Waals surface area (Å²) < 4.78 is 5.20. The number of fused-ring (bicyclic) bond motifs is 1. The van der Waals surface area contributed by atoms with Crippen molar-refractivity contribution < 1.29 is 9.84 Å². The molecule has 3 rings (SSSR count). The zero-order valence-corrected chi connectivity index (χ0v) is 12.2. The van der Waals surface area contributed by atoms with Crippen molar-refractivity contribution in [1.82, 2.24) is 15.0 Å². The molecular weight excluding hydrogens is 268 g/mol. The number of nitrogen functional groups attached to an aromatic ring is 1. The second kappa shape index (κ2) is 6.23. The lowest BCUT2D eigenvalue weighted by atomic mass is 10.2. The van der Waals surface area contributed by atoms with Gasteiger partial charge in [0.15, 0.2) is 0 Å². The molecule has 0 unspecified atom stereocenters. The van der Waals surface area contributed by atoms with Crippen molar-refractivity contribution in [2.75, 3.05) is 20.0 Å². The van der Waals surface area contributed by atoms with Crippen molar-refractivity contribution in [3.8, 4) is 17.1 Å². The number of hydrogen-bond acceptors (Lipinski definition) is 5. The molecule has 0 saturated heterocycles. The van der Waals surface area contributed by atoms with Crippen LogP contribution in [0.25, 0.3) is 22.4 Å². The summed E-state index contributed by atoms with van der Waals surface area (Å²) in [5.74, 6) is 1.98. The normalized spacial score (nSPS) is 10.1. The number of nitrogens with two attached hydrogens (primary N) is 1. The summed E-state index contributed by atoms with van der Waals surface area (Å²) in [6.07, 6.45) is 1.74. The third kappa shape index (κ3) is 2.95. The molecular formula is C15H18N4O2. The van der Waals surface area contributed by atoms with Gasteiger partial charge in [0.25, 0.3) is 0 Å². The molecule has 1 aromatic carbocycles. The van der Waals surface area contributed by atoms with E-state index >= 15 is 0 Å². The molecule has 2 heterocycles. The Morgan fingerprint density at radius 3 is 2.71 bits per heavy atom. The maximum atomic E-state index is 7.00. The number of hydrogen-bond donors (Lipinski definition) is 3. The average Bonchev–Trinajstić information content (AvgIpc) is 2.94. The number of pyridine rings is 1. The number of H-pyrrole nitrogens is 1. The maximum absolute atomic E-state index is 7.00. The summed E-state index contributed by atoms with van der Waals surface area (Å²) in [6, 6.07) is 7.67. The van der Waals surface area contributed by atoms with Crippen molar-refractivity contribution in [2.24, 2.45) is 0 Å². The Balaban J connectivity index is 0.000000774. The van der Waals surface area contributed by atoms with Crippen LogP contribution in [0.2, 0.25) is 0 Å². The van der Waals surface area contributed by atoms with E-state index < -0.39 is 0 Å². The second-order valence-electron chi connectivity index (χ2n) is 4.41. The van der Waals surface area contributed by atoms with E-state index in [-0.39, 0.29) is 0 Å². The van der Waals surface area contributed by atoms with Crippen LogP contribution in [0.5, 0.6) is 5.75 Å². The van der Waals surface area contributed by atoms with E-state index in [0.717, 1.165) is 40.8 Å². The smallest absolute Gasteiger partial charge is 0.142 e. The number of ether oxygens (including phenoxy) is 1. The minimum absolute atomic E-state index is 0.469. The van der Waals surface area contributed by atoms with Gasteiger partial charge in [-0.15, -0.1) is 0 Å². The first-order valence-electron chi connectivity index (χ1n) is 6.38. The summed E-state index contributed by atoms with van der Waals surface area (Å²) >= 11 is 0. The highest BCUT2D eigenvalue weighted by Crippen LogP contribution is 2.26. The topological polar surface area (TPSA) is 97.1 Å². The lowest BCUT2D eigenvalue weighted by Crippen LogP contribution is -1.95. The van der Waals surface area contributed by atoms with E-state index in [1.807, 2.05) is 31.2 Å². The molecule has 0 atom stereocenters. The van der Waals surface area contributed by atoms with Crippen LogP contribution in [0.1, 0.15) is 5.56 Å². The molecule has 4 N–H and O–H groups in total. The predicted molar refractivity (Wildman–Crippen MR) is 83.2 cm³/mol. The van der Waals surface area contributed by atoms with Crippen LogP contribution in [0.3, 0.4) is 0 Å². The molecule has 0 aliphatic carbocycles. The quantitative estimate of drug-likeness (QED) is 0.670. The van der Waals surface area contributed by atoms with E-state index in [1.54, 1.807) is 13.3 Å². The minimum atomic E-state index is 0.469. The van der Waals surface area contributed by atoms with Crippen LogP contribution in [0, 0.1) is 6.92 Å². The molecule has 0 bridgehead atoms. The number of anilines is 1. The highest BCUT2D eigenvalue weighted by atomic mass is 16.5. The molecule has 0 saturated carbocycles. The first-order chi connectivity index (χ1) is 10.2. The van der Waals surface area contributed by atoms with Crippen LogP contribution in [-0.4, -0.2) is 34.3 Å². The van der Waals surface area contributed by atoms with Gasteiger partial charge in [0, 0.05) is 19.4 Å². The largest absolute Gasteiger partial charge is 0.497 e. The van der Waals surface area contributed by atoms with Crippen LogP contribution in [-0.2, 0) is 0 Å². The SMILES string of the molecule is CO.COc1ccc2nc(-c3cc(C)cnc3N)[nH]c2c1. The number of aromatic nitrogens is 3. The number of methoxy groups -OCH3 is 1. The fraction of sp³-hybridized carbons (Fsp3) is 0.200. The minimum Gasteiger partial charge on any atom is -0.497 e. The Kier molecular flexibility index (Phi) is 4.39. The predicted octanol–water partition coefficient (Wildman–Crippen LogP) is 2.13. The molecule has 21 heavy (non-hydrogen) atoms. The number of nitrogens with zero attached hydrogens (tertiary/aromatic N) is 2. The number of aromatic amines is 1. The Hall–Kier alpha value is -2.60. The van der Waals surface area contributed by atoms with Crippen LogP contribution < -0.4 is 10.5 Å². The number of rotatable bonds is 2. The summed E-state index contributed by atoms with van der Waals surface area (Å²) in [5.41, 5.74) is 9.55. The molecule has 0 spiro atoms. The molecule has 2 aromatic heterocycles. The van der Waals surface area contributed by atoms with Gasteiger partial charge in [-0.05, 0) is 30.7 Å². The Morgan fingerprint density at radius 1 is 1.24 bits per heavy atom. The molecule has 0 amide bonds. The van der Waals surface area contributed by atoms with Gasteiger partial charge >= 0.3 is 0 Å². The van der Waals surface area contributed by atoms with Gasteiger partial charge in [-0.3, -0.25) is 0 Å². The van der Waals surface area contributed by atoms with Gasteiger partial charge in [0.1, 0.15) is 17.4 Å². The zero-order chi connectivity index (χ0) is 15.4. The second-order valence-corrected chi connectivity index (χ2v) is 4.41. The number of aliphatic hydroxyl groups is 1. The average molecular weight is 286 g/mol. The first-order valence-corrected chi connectivity index (χ1v) is 6.38. The molecule has 110 valence electrons. The van der Waals surface area contributed by atoms with E-state index in [0.29, 0.717) is 5.82 Å². The highest BCUT2D eigenvalue weighted by molar-refractivity contribution is 5.82. The van der Waals surface area contributed by atoms with Gasteiger partial charge in [-0.1, -0.05) is 0 Å². The van der Waals surface area contributed by atoms with Crippen LogP contribution >= 0.6 is 0 Å². The van der Waals surface area contributed by atoms with E-state index in [1.165, 1.54) is 0 Å². The highest BCUT2D eigenvalue weighted by Gasteiger charge is 2.10. The van der Waals surface area contributed by atoms with Crippen molar-refractivity contribution in [3.63, 3.8) is 0 Å². The monoisotopic (exact) mass is 286 g/mol. The number of imidazole rings is 1. The molecule has 0 radical (unpaired) electrons. The Labute approximate surface area is 122 Å². The molecule has 0 aliphatic heterocycles. The van der Waals surface area contributed by atoms with Crippen LogP contribution in [0.15, 0.2) is 30.5 Å². The van der Waals surface area contributed by atoms with Gasteiger partial charge in [0.05, 0.1) is 23.7 Å². The fourth-order valence-electron chi connectivity index (χ4n) is 2.01. The molecule has 3 aromatic rings. The number of aliphatic hydroxyl groups excluding tert-OH is 1.